The number of rotatable bonds is 0. The quantitative estimate of drug-likeness (QED) is 0.394. The zero-order chi connectivity index (χ0) is 14.7. The second kappa shape index (κ2) is 29.6. The maximum Gasteiger partial charge on any atom is -0.0443 e. The Balaban J connectivity index is -0.0000000735. The summed E-state index contributed by atoms with van der Waals surface area (Å²) in [5, 5.41) is 0. The summed E-state index contributed by atoms with van der Waals surface area (Å²) in [6, 6.07) is 0. The van der Waals surface area contributed by atoms with Crippen LogP contribution in [0.5, 0.6) is 0 Å². The zero-order valence-corrected chi connectivity index (χ0v) is 14.3. The van der Waals surface area contributed by atoms with E-state index < -0.39 is 0 Å². The van der Waals surface area contributed by atoms with Crippen LogP contribution >= 0.6 is 0 Å². The number of hydrogen-bond donors (Lipinski definition) is 0. The van der Waals surface area contributed by atoms with Gasteiger partial charge >= 0.3 is 0 Å². The van der Waals surface area contributed by atoms with E-state index in [2.05, 4.69) is 13.5 Å². The largest absolute Gasteiger partial charge is 0.100 e. The van der Waals surface area contributed by atoms with E-state index in [9.17, 15) is 0 Å². The van der Waals surface area contributed by atoms with E-state index in [1.807, 2.05) is 55.4 Å². The Morgan fingerprint density at radius 3 is 1.12 bits per heavy atom. The average molecular weight is 245 g/mol. The van der Waals surface area contributed by atoms with Crippen molar-refractivity contribution in [3.05, 3.63) is 12.2 Å². The summed E-state index contributed by atoms with van der Waals surface area (Å²) >= 11 is 0. The van der Waals surface area contributed by atoms with Crippen molar-refractivity contribution in [2.45, 2.75) is 94.4 Å². The van der Waals surface area contributed by atoms with E-state index in [4.69, 9.17) is 0 Å². The van der Waals surface area contributed by atoms with E-state index >= 15 is 0 Å². The first-order valence-electron chi connectivity index (χ1n) is 7.75. The highest BCUT2D eigenvalue weighted by Crippen LogP contribution is 2.22. The molecule has 0 bridgehead atoms. The van der Waals surface area contributed by atoms with Gasteiger partial charge in [-0.2, -0.15) is 0 Å². The van der Waals surface area contributed by atoms with Gasteiger partial charge in [0.1, 0.15) is 0 Å². The van der Waals surface area contributed by atoms with Crippen LogP contribution in [-0.2, 0) is 0 Å². The van der Waals surface area contributed by atoms with Crippen molar-refractivity contribution in [3.63, 3.8) is 0 Å². The molecule has 1 fully saturated rings. The second-order valence-electron chi connectivity index (χ2n) is 3.95. The first kappa shape index (κ1) is 25.6. The highest BCUT2D eigenvalue weighted by atomic mass is 14.1. The molecule has 1 saturated carbocycles. The lowest BCUT2D eigenvalue weighted by atomic mass is 9.91. The third-order valence-electron chi connectivity index (χ3n) is 1.89. The molecule has 0 aromatic carbocycles. The first-order valence-corrected chi connectivity index (χ1v) is 7.75. The fourth-order valence-electron chi connectivity index (χ4n) is 1.31. The average Bonchev–Trinajstić information content (AvgIpc) is 2.37. The minimum absolute atomic E-state index is 1.04. The Labute approximate surface area is 113 Å². The normalized spacial score (nSPS) is 13.0. The molecule has 17 heavy (non-hydrogen) atoms. The molecule has 108 valence electrons. The van der Waals surface area contributed by atoms with Crippen LogP contribution in [0.4, 0.5) is 0 Å². The summed E-state index contributed by atoms with van der Waals surface area (Å²) in [6.45, 7) is 21.9. The van der Waals surface area contributed by atoms with Crippen molar-refractivity contribution in [3.8, 4) is 0 Å². The molecule has 0 spiro atoms. The van der Waals surface area contributed by atoms with Crippen LogP contribution in [0.3, 0.4) is 0 Å². The molecule has 0 aliphatic heterocycles. The molecule has 0 saturated heterocycles. The van der Waals surface area contributed by atoms with Crippen molar-refractivity contribution in [1.82, 2.24) is 0 Å². The van der Waals surface area contributed by atoms with E-state index in [-0.39, 0.29) is 0 Å². The van der Waals surface area contributed by atoms with Gasteiger partial charge in [-0.15, -0.1) is 6.58 Å². The molecular weight excluding hydrogens is 204 g/mol. The molecule has 0 radical (unpaired) electrons. The SMILES string of the molecule is C=C(C)C.CC.CC.CC.CC1CCCCC1. The van der Waals surface area contributed by atoms with Crippen LogP contribution in [-0.4, -0.2) is 0 Å². The van der Waals surface area contributed by atoms with Gasteiger partial charge in [0, 0.05) is 0 Å². The monoisotopic (exact) mass is 244 g/mol. The second-order valence-corrected chi connectivity index (χ2v) is 3.95. The summed E-state index contributed by atoms with van der Waals surface area (Å²) < 4.78 is 0. The van der Waals surface area contributed by atoms with Gasteiger partial charge < -0.3 is 0 Å². The van der Waals surface area contributed by atoms with E-state index in [1.165, 1.54) is 37.7 Å². The lowest BCUT2D eigenvalue weighted by Crippen LogP contribution is -1.99. The summed E-state index contributed by atoms with van der Waals surface area (Å²) in [7, 11) is 0. The van der Waals surface area contributed by atoms with Crippen molar-refractivity contribution in [1.29, 1.82) is 0 Å². The van der Waals surface area contributed by atoms with Gasteiger partial charge in [0.2, 0.25) is 0 Å². The molecule has 0 heteroatoms. The van der Waals surface area contributed by atoms with Gasteiger partial charge in [-0.3, -0.25) is 0 Å². The minimum Gasteiger partial charge on any atom is -0.100 e. The van der Waals surface area contributed by atoms with Crippen molar-refractivity contribution in [2.75, 3.05) is 0 Å². The van der Waals surface area contributed by atoms with Crippen LogP contribution in [0.1, 0.15) is 94.4 Å². The topological polar surface area (TPSA) is 0 Å². The smallest absolute Gasteiger partial charge is 0.0443 e. The Morgan fingerprint density at radius 1 is 0.765 bits per heavy atom. The first-order chi connectivity index (χ1) is 8.13. The molecule has 1 aliphatic rings. The number of allylic oxidation sites excluding steroid dienone is 1. The summed E-state index contributed by atoms with van der Waals surface area (Å²) in [6.07, 6.45) is 7.44. The van der Waals surface area contributed by atoms with Crippen LogP contribution in [0.25, 0.3) is 0 Å². The lowest BCUT2D eigenvalue weighted by molar-refractivity contribution is 0.385. The fourth-order valence-corrected chi connectivity index (χ4v) is 1.31. The molecule has 1 rings (SSSR count). The predicted molar refractivity (Wildman–Crippen MR) is 86.8 cm³/mol. The zero-order valence-electron chi connectivity index (χ0n) is 14.3. The third-order valence-corrected chi connectivity index (χ3v) is 1.89. The van der Waals surface area contributed by atoms with Gasteiger partial charge in [0.05, 0.1) is 0 Å². The van der Waals surface area contributed by atoms with Crippen molar-refractivity contribution < 1.29 is 0 Å². The molecule has 0 amide bonds. The Kier molecular flexibility index (Phi) is 44.6. The highest BCUT2D eigenvalue weighted by Gasteiger charge is 2.05. The lowest BCUT2D eigenvalue weighted by Gasteiger charge is -2.15. The van der Waals surface area contributed by atoms with Crippen molar-refractivity contribution in [2.24, 2.45) is 5.92 Å². The summed E-state index contributed by atoms with van der Waals surface area (Å²) in [4.78, 5) is 0. The van der Waals surface area contributed by atoms with Crippen LogP contribution in [0.15, 0.2) is 12.2 Å². The molecule has 0 unspecified atom stereocenters. The summed E-state index contributed by atoms with van der Waals surface area (Å²) in [5.41, 5.74) is 1.17. The van der Waals surface area contributed by atoms with Gasteiger partial charge in [-0.1, -0.05) is 86.1 Å². The summed E-state index contributed by atoms with van der Waals surface area (Å²) in [5.74, 6) is 1.04. The maximum absolute atomic E-state index is 3.56. The highest BCUT2D eigenvalue weighted by molar-refractivity contribution is 4.78. The predicted octanol–water partition coefficient (Wildman–Crippen LogP) is 7.25. The van der Waals surface area contributed by atoms with Crippen molar-refractivity contribution >= 4 is 0 Å². The molecule has 0 aromatic rings. The Bertz CT molecular complexity index is 92.6. The molecular formula is C17H40. The molecule has 0 N–H and O–H groups in total. The Hall–Kier alpha value is -0.260. The molecule has 1 aliphatic carbocycles. The minimum atomic E-state index is 1.04. The van der Waals surface area contributed by atoms with E-state index in [1.54, 1.807) is 0 Å². The molecule has 0 heterocycles. The van der Waals surface area contributed by atoms with Gasteiger partial charge in [0.25, 0.3) is 0 Å². The Morgan fingerprint density at radius 2 is 1.00 bits per heavy atom. The maximum atomic E-state index is 3.56. The van der Waals surface area contributed by atoms with Gasteiger partial charge in [-0.05, 0) is 19.8 Å². The molecule has 0 atom stereocenters. The van der Waals surface area contributed by atoms with Crippen LogP contribution < -0.4 is 0 Å². The number of hydrogen-bond acceptors (Lipinski definition) is 0. The van der Waals surface area contributed by atoms with Gasteiger partial charge in [-0.25, -0.2) is 0 Å². The fraction of sp³-hybridized carbons (Fsp3) is 0.882. The van der Waals surface area contributed by atoms with E-state index in [0.29, 0.717) is 0 Å². The van der Waals surface area contributed by atoms with Crippen LogP contribution in [0.2, 0.25) is 0 Å². The molecule has 0 nitrogen and oxygen atoms in total. The van der Waals surface area contributed by atoms with E-state index in [0.717, 1.165) is 5.92 Å². The third kappa shape index (κ3) is 49.6. The standard InChI is InChI=1S/C7H14.C4H8.3C2H6/c1-7-5-3-2-4-6-7;1-4(2)3;3*1-2/h7H,2-6H2,1H3;1H2,2-3H3;3*1-2H3. The molecule has 0 aromatic heterocycles. The van der Waals surface area contributed by atoms with Gasteiger partial charge in [0.15, 0.2) is 0 Å². The van der Waals surface area contributed by atoms with Crippen LogP contribution in [0, 0.1) is 5.92 Å².